The molecule has 0 unspecified atom stereocenters. The Morgan fingerprint density at radius 1 is 1.45 bits per heavy atom. The van der Waals surface area contributed by atoms with E-state index in [1.807, 2.05) is 18.2 Å². The van der Waals surface area contributed by atoms with Crippen LogP contribution in [0.5, 0.6) is 0 Å². The van der Waals surface area contributed by atoms with Gasteiger partial charge in [0.2, 0.25) is 5.91 Å². The predicted molar refractivity (Wildman–Crippen MR) is 76.8 cm³/mol. The number of aliphatic carboxylic acids is 1. The molecule has 0 spiro atoms. The van der Waals surface area contributed by atoms with Crippen molar-refractivity contribution >= 4 is 17.6 Å². The molecule has 0 radical (unpaired) electrons. The molecular weight excluding hydrogens is 256 g/mol. The molecule has 2 rings (SSSR count). The van der Waals surface area contributed by atoms with Gasteiger partial charge in [0, 0.05) is 18.8 Å². The normalized spacial score (nSPS) is 19.1. The van der Waals surface area contributed by atoms with Gasteiger partial charge in [-0.2, -0.15) is 0 Å². The van der Waals surface area contributed by atoms with Crippen LogP contribution >= 0.6 is 0 Å². The molecule has 1 aromatic carbocycles. The first-order chi connectivity index (χ1) is 9.52. The Bertz CT molecular complexity index is 516. The molecule has 1 amide bonds. The largest absolute Gasteiger partial charge is 0.480 e. The van der Waals surface area contributed by atoms with Gasteiger partial charge in [-0.25, -0.2) is 0 Å². The summed E-state index contributed by atoms with van der Waals surface area (Å²) in [5.41, 5.74) is 2.31. The lowest BCUT2D eigenvalue weighted by Crippen LogP contribution is -2.47. The molecule has 1 heterocycles. The average Bonchev–Trinajstić information content (AvgIpc) is 2.45. The van der Waals surface area contributed by atoms with Gasteiger partial charge in [0.05, 0.1) is 5.92 Å². The number of nitrogens with zero attached hydrogens (tertiary/aromatic N) is 1. The molecule has 1 aromatic rings. The van der Waals surface area contributed by atoms with Gasteiger partial charge in [0.15, 0.2) is 0 Å². The lowest BCUT2D eigenvalue weighted by atomic mass is 9.91. The van der Waals surface area contributed by atoms with E-state index < -0.39 is 12.0 Å². The number of hydrogen-bond acceptors (Lipinski definition) is 3. The highest BCUT2D eigenvalue weighted by molar-refractivity contribution is 5.86. The molecule has 2 N–H and O–H groups in total. The minimum atomic E-state index is -1.01. The first kappa shape index (κ1) is 14.4. The Labute approximate surface area is 118 Å². The molecular formula is C15H20N2O3. The van der Waals surface area contributed by atoms with Crippen LogP contribution in [0.4, 0.5) is 5.69 Å². The lowest BCUT2D eigenvalue weighted by molar-refractivity contribution is -0.141. The Morgan fingerprint density at radius 2 is 2.15 bits per heavy atom. The maximum atomic E-state index is 12.2. The number of amides is 1. The number of rotatable bonds is 4. The second-order valence-corrected chi connectivity index (χ2v) is 5.14. The predicted octanol–water partition coefficient (Wildman–Crippen LogP) is 1.27. The Hall–Kier alpha value is -2.04. The summed E-state index contributed by atoms with van der Waals surface area (Å²) in [5.74, 6) is -1.40. The lowest BCUT2D eigenvalue weighted by Gasteiger charge is -2.35. The van der Waals surface area contributed by atoms with Crippen molar-refractivity contribution in [1.29, 1.82) is 0 Å². The molecule has 0 aromatic heterocycles. The van der Waals surface area contributed by atoms with Crippen molar-refractivity contribution in [2.75, 3.05) is 18.0 Å². The van der Waals surface area contributed by atoms with E-state index >= 15 is 0 Å². The molecule has 5 nitrogen and oxygen atoms in total. The molecule has 1 aliphatic heterocycles. The molecule has 20 heavy (non-hydrogen) atoms. The Balaban J connectivity index is 2.12. The van der Waals surface area contributed by atoms with Gasteiger partial charge in [-0.15, -0.1) is 0 Å². The highest BCUT2D eigenvalue weighted by Crippen LogP contribution is 2.29. The Morgan fingerprint density at radius 3 is 2.80 bits per heavy atom. The van der Waals surface area contributed by atoms with E-state index in [1.54, 1.807) is 0 Å². The smallest absolute Gasteiger partial charge is 0.325 e. The molecule has 0 saturated carbocycles. The first-order valence-corrected chi connectivity index (χ1v) is 6.89. The fourth-order valence-electron chi connectivity index (χ4n) is 2.55. The van der Waals surface area contributed by atoms with Crippen molar-refractivity contribution in [3.63, 3.8) is 0 Å². The summed E-state index contributed by atoms with van der Waals surface area (Å²) in [6.45, 7) is 4.99. The number of carbonyl (C=O) groups is 2. The summed E-state index contributed by atoms with van der Waals surface area (Å²) in [4.78, 5) is 25.2. The van der Waals surface area contributed by atoms with Gasteiger partial charge < -0.3 is 15.3 Å². The summed E-state index contributed by atoms with van der Waals surface area (Å²) < 4.78 is 0. The molecule has 0 saturated heterocycles. The fraction of sp³-hybridized carbons (Fsp3) is 0.467. The van der Waals surface area contributed by atoms with Crippen LogP contribution < -0.4 is 10.2 Å². The third-order valence-electron chi connectivity index (χ3n) is 3.72. The van der Waals surface area contributed by atoms with Gasteiger partial charge in [0.25, 0.3) is 0 Å². The third-order valence-corrected chi connectivity index (χ3v) is 3.72. The zero-order valence-corrected chi connectivity index (χ0v) is 11.8. The first-order valence-electron chi connectivity index (χ1n) is 6.89. The fourth-order valence-corrected chi connectivity index (χ4v) is 2.55. The second kappa shape index (κ2) is 5.94. The van der Waals surface area contributed by atoms with Crippen molar-refractivity contribution in [3.05, 3.63) is 29.8 Å². The van der Waals surface area contributed by atoms with Crippen molar-refractivity contribution in [3.8, 4) is 0 Å². The van der Waals surface area contributed by atoms with Gasteiger partial charge in [-0.3, -0.25) is 9.59 Å². The van der Waals surface area contributed by atoms with Crippen LogP contribution in [-0.4, -0.2) is 36.1 Å². The molecule has 0 aliphatic carbocycles. The number of anilines is 1. The van der Waals surface area contributed by atoms with Crippen LogP contribution in [0.2, 0.25) is 0 Å². The summed E-state index contributed by atoms with van der Waals surface area (Å²) in [5, 5.41) is 11.4. The molecule has 5 heteroatoms. The molecule has 0 bridgehead atoms. The SMILES string of the molecule is CCN1C[C@@H](C(=O)N[C@@H](C)C(=O)O)Cc2ccccc21. The Kier molecular flexibility index (Phi) is 4.27. The number of nitrogens with one attached hydrogen (secondary N) is 1. The summed E-state index contributed by atoms with van der Waals surface area (Å²) in [6, 6.07) is 7.20. The van der Waals surface area contributed by atoms with E-state index in [0.29, 0.717) is 13.0 Å². The van der Waals surface area contributed by atoms with Crippen LogP contribution in [0, 0.1) is 5.92 Å². The minimum Gasteiger partial charge on any atom is -0.480 e. The number of hydrogen-bond donors (Lipinski definition) is 2. The van der Waals surface area contributed by atoms with Crippen molar-refractivity contribution < 1.29 is 14.7 Å². The van der Waals surface area contributed by atoms with E-state index in [-0.39, 0.29) is 11.8 Å². The average molecular weight is 276 g/mol. The number of carboxylic acids is 1. The van der Waals surface area contributed by atoms with Crippen LogP contribution in [0.3, 0.4) is 0 Å². The number of fused-ring (bicyclic) bond motifs is 1. The number of carbonyl (C=O) groups excluding carboxylic acids is 1. The van der Waals surface area contributed by atoms with E-state index in [4.69, 9.17) is 5.11 Å². The number of carboxylic acid groups (broad SMARTS) is 1. The molecule has 108 valence electrons. The van der Waals surface area contributed by atoms with Crippen molar-refractivity contribution in [1.82, 2.24) is 5.32 Å². The van der Waals surface area contributed by atoms with Crippen LogP contribution in [-0.2, 0) is 16.0 Å². The highest BCUT2D eigenvalue weighted by Gasteiger charge is 2.29. The van der Waals surface area contributed by atoms with Gasteiger partial charge >= 0.3 is 5.97 Å². The number of para-hydroxylation sites is 1. The zero-order chi connectivity index (χ0) is 14.7. The minimum absolute atomic E-state index is 0.187. The second-order valence-electron chi connectivity index (χ2n) is 5.14. The van der Waals surface area contributed by atoms with Gasteiger partial charge in [0.1, 0.15) is 6.04 Å². The molecule has 1 aliphatic rings. The van der Waals surface area contributed by atoms with Gasteiger partial charge in [-0.1, -0.05) is 18.2 Å². The van der Waals surface area contributed by atoms with Crippen LogP contribution in [0.15, 0.2) is 24.3 Å². The molecule has 0 fully saturated rings. The van der Waals surface area contributed by atoms with E-state index in [1.165, 1.54) is 12.6 Å². The molecule has 2 atom stereocenters. The van der Waals surface area contributed by atoms with E-state index in [0.717, 1.165) is 12.1 Å². The number of benzene rings is 1. The van der Waals surface area contributed by atoms with E-state index in [9.17, 15) is 9.59 Å². The van der Waals surface area contributed by atoms with Crippen molar-refractivity contribution in [2.24, 2.45) is 5.92 Å². The van der Waals surface area contributed by atoms with Crippen molar-refractivity contribution in [2.45, 2.75) is 26.3 Å². The third kappa shape index (κ3) is 2.92. The summed E-state index contributed by atoms with van der Waals surface area (Å²) in [6.07, 6.45) is 0.658. The van der Waals surface area contributed by atoms with Crippen LogP contribution in [0.1, 0.15) is 19.4 Å². The van der Waals surface area contributed by atoms with E-state index in [2.05, 4.69) is 23.2 Å². The summed E-state index contributed by atoms with van der Waals surface area (Å²) in [7, 11) is 0. The zero-order valence-electron chi connectivity index (χ0n) is 11.8. The standard InChI is InChI=1S/C15H20N2O3/c1-3-17-9-12(14(18)16-10(2)15(19)20)8-11-6-4-5-7-13(11)17/h4-7,10,12H,3,8-9H2,1-2H3,(H,16,18)(H,19,20)/t10-,12-/m0/s1. The monoisotopic (exact) mass is 276 g/mol. The quantitative estimate of drug-likeness (QED) is 0.869. The topological polar surface area (TPSA) is 69.6 Å². The maximum absolute atomic E-state index is 12.2. The van der Waals surface area contributed by atoms with Gasteiger partial charge in [-0.05, 0) is 31.9 Å². The summed E-state index contributed by atoms with van der Waals surface area (Å²) >= 11 is 0. The maximum Gasteiger partial charge on any atom is 0.325 e. The van der Waals surface area contributed by atoms with Crippen LogP contribution in [0.25, 0.3) is 0 Å². The highest BCUT2D eigenvalue weighted by atomic mass is 16.4.